The second-order valence-electron chi connectivity index (χ2n) is 10.8. The molecule has 3 aromatic carbocycles. The summed E-state index contributed by atoms with van der Waals surface area (Å²) in [5, 5.41) is 3.22. The molecule has 0 radical (unpaired) electrons. The minimum absolute atomic E-state index is 0.0317. The molecule has 6 heteroatoms. The summed E-state index contributed by atoms with van der Waals surface area (Å²) < 4.78 is 26.6. The zero-order valence-corrected chi connectivity index (χ0v) is 21.8. The van der Waals surface area contributed by atoms with Gasteiger partial charge in [-0.05, 0) is 91.6 Å². The molecule has 3 aromatic rings. The van der Waals surface area contributed by atoms with Gasteiger partial charge in [-0.15, -0.1) is 0 Å². The second kappa shape index (κ2) is 11.1. The molecule has 2 aliphatic rings. The van der Waals surface area contributed by atoms with E-state index in [1.807, 2.05) is 36.1 Å². The van der Waals surface area contributed by atoms with Gasteiger partial charge in [-0.2, -0.15) is 0 Å². The molecule has 198 valence electrons. The number of likely N-dealkylation sites (tertiary alicyclic amines) is 1. The maximum atomic E-state index is 13.8. The summed E-state index contributed by atoms with van der Waals surface area (Å²) in [5.74, 6) is -0.238. The molecule has 1 N–H and O–H groups in total. The van der Waals surface area contributed by atoms with Crippen molar-refractivity contribution in [2.45, 2.75) is 51.5 Å². The van der Waals surface area contributed by atoms with E-state index in [4.69, 9.17) is 0 Å². The fourth-order valence-corrected chi connectivity index (χ4v) is 6.21. The van der Waals surface area contributed by atoms with Gasteiger partial charge < -0.3 is 10.2 Å². The van der Waals surface area contributed by atoms with Gasteiger partial charge in [0.05, 0.1) is 11.5 Å². The van der Waals surface area contributed by atoms with E-state index in [1.54, 1.807) is 24.3 Å². The second-order valence-corrected chi connectivity index (χ2v) is 10.8. The average Bonchev–Trinajstić information content (AvgIpc) is 3.49. The van der Waals surface area contributed by atoms with Crippen molar-refractivity contribution in [3.63, 3.8) is 0 Å². The molecule has 1 saturated heterocycles. The van der Waals surface area contributed by atoms with Crippen LogP contribution in [0.4, 0.5) is 8.78 Å². The average molecular weight is 517 g/mol. The van der Waals surface area contributed by atoms with Gasteiger partial charge in [0.25, 0.3) is 5.91 Å². The van der Waals surface area contributed by atoms with Crippen LogP contribution in [0.3, 0.4) is 0 Å². The normalized spacial score (nSPS) is 18.2. The third kappa shape index (κ3) is 5.35. The molecule has 0 bridgehead atoms. The van der Waals surface area contributed by atoms with Crippen molar-refractivity contribution >= 4 is 11.8 Å². The van der Waals surface area contributed by atoms with Crippen molar-refractivity contribution in [3.8, 4) is 11.1 Å². The van der Waals surface area contributed by atoms with Gasteiger partial charge in [0, 0.05) is 18.7 Å². The number of rotatable bonds is 6. The Morgan fingerprint density at radius 1 is 0.816 bits per heavy atom. The third-order valence-corrected chi connectivity index (χ3v) is 8.56. The van der Waals surface area contributed by atoms with Gasteiger partial charge in [-0.3, -0.25) is 9.59 Å². The zero-order chi connectivity index (χ0) is 26.7. The summed E-state index contributed by atoms with van der Waals surface area (Å²) in [4.78, 5) is 29.0. The Morgan fingerprint density at radius 3 is 1.87 bits per heavy atom. The van der Waals surface area contributed by atoms with Crippen LogP contribution in [0.5, 0.6) is 0 Å². The van der Waals surface area contributed by atoms with Crippen LogP contribution >= 0.6 is 0 Å². The Morgan fingerprint density at radius 2 is 1.32 bits per heavy atom. The fraction of sp³-hybridized carbons (Fsp3) is 0.375. The van der Waals surface area contributed by atoms with Crippen LogP contribution in [0.15, 0.2) is 72.8 Å². The number of nitrogens with zero attached hydrogens (tertiary/aromatic N) is 1. The lowest BCUT2D eigenvalue weighted by atomic mass is 9.67. The lowest BCUT2D eigenvalue weighted by Crippen LogP contribution is -2.53. The topological polar surface area (TPSA) is 49.4 Å². The molecule has 5 rings (SSSR count). The Labute approximate surface area is 223 Å². The van der Waals surface area contributed by atoms with E-state index in [1.165, 1.54) is 24.3 Å². The highest BCUT2D eigenvalue weighted by Gasteiger charge is 2.48. The van der Waals surface area contributed by atoms with E-state index < -0.39 is 5.41 Å². The van der Waals surface area contributed by atoms with Crippen LogP contribution in [-0.4, -0.2) is 29.8 Å². The van der Waals surface area contributed by atoms with Crippen LogP contribution in [0.2, 0.25) is 0 Å². The number of benzene rings is 3. The monoisotopic (exact) mass is 516 g/mol. The first kappa shape index (κ1) is 26.1. The number of halogens is 2. The minimum Gasteiger partial charge on any atom is -0.349 e. The first-order chi connectivity index (χ1) is 18.4. The number of carbonyl (C=O) groups excluding carboxylic acids is 2. The molecule has 1 atom stereocenters. The van der Waals surface area contributed by atoms with Crippen LogP contribution < -0.4 is 5.32 Å². The van der Waals surface area contributed by atoms with E-state index in [-0.39, 0.29) is 29.5 Å². The van der Waals surface area contributed by atoms with Crippen molar-refractivity contribution in [2.24, 2.45) is 11.3 Å². The molecule has 1 aliphatic carbocycles. The van der Waals surface area contributed by atoms with E-state index in [0.29, 0.717) is 37.4 Å². The van der Waals surface area contributed by atoms with Gasteiger partial charge in [-0.25, -0.2) is 8.78 Å². The summed E-state index contributed by atoms with van der Waals surface area (Å²) in [6.45, 7) is 3.00. The summed E-state index contributed by atoms with van der Waals surface area (Å²) in [7, 11) is 0. The number of piperidine rings is 1. The molecule has 2 amide bonds. The van der Waals surface area contributed by atoms with Crippen LogP contribution in [0, 0.1) is 23.0 Å². The molecule has 0 unspecified atom stereocenters. The standard InChI is InChI=1S/C32H34F2N2O2/c1-22(23-10-14-28(33)15-11-23)35-31(38)32(27-4-2-3-5-27)18-20-36(21-19-32)30(37)26-8-6-24(7-9-26)25-12-16-29(34)17-13-25/h6-17,22,27H,2-5,18-21H2,1H3,(H,35,38)/t22-/m0/s1. The highest BCUT2D eigenvalue weighted by molar-refractivity contribution is 5.95. The Bertz CT molecular complexity index is 1260. The molecule has 38 heavy (non-hydrogen) atoms. The van der Waals surface area contributed by atoms with Crippen molar-refractivity contribution in [1.82, 2.24) is 10.2 Å². The zero-order valence-electron chi connectivity index (χ0n) is 21.8. The third-order valence-electron chi connectivity index (χ3n) is 8.56. The Hall–Kier alpha value is -3.54. The van der Waals surface area contributed by atoms with Gasteiger partial charge in [-0.1, -0.05) is 49.2 Å². The highest BCUT2D eigenvalue weighted by atomic mass is 19.1. The van der Waals surface area contributed by atoms with Crippen molar-refractivity contribution in [3.05, 3.63) is 95.6 Å². The first-order valence-electron chi connectivity index (χ1n) is 13.6. The van der Waals surface area contributed by atoms with E-state index in [2.05, 4.69) is 5.32 Å². The summed E-state index contributed by atoms with van der Waals surface area (Å²) >= 11 is 0. The van der Waals surface area contributed by atoms with E-state index in [0.717, 1.165) is 42.4 Å². The van der Waals surface area contributed by atoms with Gasteiger partial charge in [0.1, 0.15) is 11.6 Å². The number of carbonyl (C=O) groups is 2. The minimum atomic E-state index is -0.492. The number of hydrogen-bond donors (Lipinski definition) is 1. The Kier molecular flexibility index (Phi) is 7.59. The van der Waals surface area contributed by atoms with Gasteiger partial charge in [0.15, 0.2) is 0 Å². The largest absolute Gasteiger partial charge is 0.349 e. The summed E-state index contributed by atoms with van der Waals surface area (Å²) in [5.41, 5.74) is 2.81. The van der Waals surface area contributed by atoms with Gasteiger partial charge in [0.2, 0.25) is 5.91 Å². The smallest absolute Gasteiger partial charge is 0.253 e. The summed E-state index contributed by atoms with van der Waals surface area (Å²) in [6, 6.07) is 19.7. The SMILES string of the molecule is C[C@H](NC(=O)C1(C2CCCC2)CCN(C(=O)c2ccc(-c3ccc(F)cc3)cc2)CC1)c1ccc(F)cc1. The lowest BCUT2D eigenvalue weighted by Gasteiger charge is -2.45. The maximum Gasteiger partial charge on any atom is 0.253 e. The van der Waals surface area contributed by atoms with E-state index >= 15 is 0 Å². The molecule has 4 nitrogen and oxygen atoms in total. The molecule has 0 aromatic heterocycles. The molecule has 1 saturated carbocycles. The Balaban J connectivity index is 1.27. The number of amides is 2. The quantitative estimate of drug-likeness (QED) is 0.387. The van der Waals surface area contributed by atoms with E-state index in [9.17, 15) is 18.4 Å². The van der Waals surface area contributed by atoms with Crippen molar-refractivity contribution < 1.29 is 18.4 Å². The van der Waals surface area contributed by atoms with Crippen molar-refractivity contribution in [1.29, 1.82) is 0 Å². The molecule has 0 spiro atoms. The molecule has 1 aliphatic heterocycles. The van der Waals surface area contributed by atoms with Crippen molar-refractivity contribution in [2.75, 3.05) is 13.1 Å². The predicted octanol–water partition coefficient (Wildman–Crippen LogP) is 6.92. The van der Waals surface area contributed by atoms with Crippen LogP contribution in [0.25, 0.3) is 11.1 Å². The van der Waals surface area contributed by atoms with Crippen LogP contribution in [0.1, 0.15) is 67.4 Å². The number of nitrogens with one attached hydrogen (secondary N) is 1. The highest BCUT2D eigenvalue weighted by Crippen LogP contribution is 2.47. The van der Waals surface area contributed by atoms with Crippen LogP contribution in [-0.2, 0) is 4.79 Å². The molecular formula is C32H34F2N2O2. The number of hydrogen-bond acceptors (Lipinski definition) is 2. The fourth-order valence-electron chi connectivity index (χ4n) is 6.21. The molecular weight excluding hydrogens is 482 g/mol. The lowest BCUT2D eigenvalue weighted by molar-refractivity contribution is -0.138. The van der Waals surface area contributed by atoms with Gasteiger partial charge >= 0.3 is 0 Å². The maximum absolute atomic E-state index is 13.8. The first-order valence-corrected chi connectivity index (χ1v) is 13.6. The summed E-state index contributed by atoms with van der Waals surface area (Å²) in [6.07, 6.45) is 5.62. The molecule has 2 fully saturated rings. The predicted molar refractivity (Wildman–Crippen MR) is 144 cm³/mol. The molecule has 1 heterocycles.